The Balaban J connectivity index is 2.82. The van der Waals surface area contributed by atoms with Gasteiger partial charge in [-0.2, -0.15) is 4.31 Å². The first-order valence-corrected chi connectivity index (χ1v) is 9.59. The Morgan fingerprint density at radius 3 is 2.42 bits per heavy atom. The minimum atomic E-state index is -3.43. The average molecular weight is 358 g/mol. The molecule has 1 aromatic rings. The number of hydrogen-bond acceptors (Lipinski definition) is 5. The number of rotatable bonds is 10. The highest BCUT2D eigenvalue weighted by Crippen LogP contribution is 2.28. The molecular formula is C16H26N2O5S. The van der Waals surface area contributed by atoms with E-state index in [0.717, 1.165) is 18.2 Å². The molecule has 1 N–H and O–H groups in total. The smallest absolute Gasteiger partial charge is 0.221 e. The van der Waals surface area contributed by atoms with E-state index >= 15 is 0 Å². The zero-order valence-electron chi connectivity index (χ0n) is 14.7. The van der Waals surface area contributed by atoms with Crippen molar-refractivity contribution in [2.75, 3.05) is 33.6 Å². The molecule has 0 saturated carbocycles. The quantitative estimate of drug-likeness (QED) is 0.683. The third kappa shape index (κ3) is 6.37. The van der Waals surface area contributed by atoms with Gasteiger partial charge in [0.05, 0.1) is 20.5 Å². The Morgan fingerprint density at radius 1 is 1.21 bits per heavy atom. The van der Waals surface area contributed by atoms with E-state index in [1.807, 2.05) is 6.92 Å². The van der Waals surface area contributed by atoms with Crippen molar-refractivity contribution in [2.45, 2.75) is 26.3 Å². The fourth-order valence-corrected chi connectivity index (χ4v) is 2.93. The summed E-state index contributed by atoms with van der Waals surface area (Å²) in [5, 5.41) is 2.74. The van der Waals surface area contributed by atoms with Crippen molar-refractivity contribution in [1.82, 2.24) is 9.62 Å². The molecule has 0 fully saturated rings. The number of amides is 1. The van der Waals surface area contributed by atoms with Gasteiger partial charge >= 0.3 is 0 Å². The molecule has 1 aromatic carbocycles. The van der Waals surface area contributed by atoms with Crippen LogP contribution in [0.4, 0.5) is 0 Å². The lowest BCUT2D eigenvalue weighted by molar-refractivity contribution is -0.121. The number of benzene rings is 1. The highest BCUT2D eigenvalue weighted by Gasteiger charge is 2.19. The van der Waals surface area contributed by atoms with E-state index in [0.29, 0.717) is 18.0 Å². The summed E-state index contributed by atoms with van der Waals surface area (Å²) < 4.78 is 35.6. The fourth-order valence-electron chi connectivity index (χ4n) is 2.12. The second-order valence-corrected chi connectivity index (χ2v) is 7.37. The van der Waals surface area contributed by atoms with Gasteiger partial charge in [0.15, 0.2) is 11.5 Å². The molecule has 0 aromatic heterocycles. The Hall–Kier alpha value is -1.80. The first-order chi connectivity index (χ1) is 11.3. The van der Waals surface area contributed by atoms with Gasteiger partial charge in [-0.25, -0.2) is 8.42 Å². The molecule has 0 spiro atoms. The van der Waals surface area contributed by atoms with Crippen LogP contribution in [0.3, 0.4) is 0 Å². The molecule has 0 heterocycles. The summed E-state index contributed by atoms with van der Waals surface area (Å²) in [7, 11) is -0.374. The predicted octanol–water partition coefficient (Wildman–Crippen LogP) is 1.38. The average Bonchev–Trinajstić information content (AvgIpc) is 2.55. The minimum Gasteiger partial charge on any atom is -0.493 e. The largest absolute Gasteiger partial charge is 0.493 e. The lowest BCUT2D eigenvalue weighted by Crippen LogP contribution is -2.34. The molecule has 7 nitrogen and oxygen atoms in total. The molecular weight excluding hydrogens is 332 g/mol. The van der Waals surface area contributed by atoms with Crippen molar-refractivity contribution < 1.29 is 22.7 Å². The van der Waals surface area contributed by atoms with Gasteiger partial charge < -0.3 is 14.8 Å². The number of nitrogens with one attached hydrogen (secondary N) is 1. The molecule has 0 saturated heterocycles. The first-order valence-electron chi connectivity index (χ1n) is 7.74. The molecule has 24 heavy (non-hydrogen) atoms. The molecule has 0 aliphatic heterocycles. The number of carbonyl (C=O) groups excluding carboxylic acids is 1. The third-order valence-corrected chi connectivity index (χ3v) is 4.69. The highest BCUT2D eigenvalue weighted by atomic mass is 32.2. The highest BCUT2D eigenvalue weighted by molar-refractivity contribution is 7.88. The van der Waals surface area contributed by atoms with Crippen molar-refractivity contribution in [3.63, 3.8) is 0 Å². The topological polar surface area (TPSA) is 84.9 Å². The van der Waals surface area contributed by atoms with E-state index in [2.05, 4.69) is 5.32 Å². The molecule has 0 aliphatic carbocycles. The van der Waals surface area contributed by atoms with Crippen molar-refractivity contribution >= 4 is 15.9 Å². The second-order valence-electron chi connectivity index (χ2n) is 5.39. The summed E-state index contributed by atoms with van der Waals surface area (Å²) >= 11 is 0. The van der Waals surface area contributed by atoms with Crippen LogP contribution in [0.1, 0.15) is 25.3 Å². The van der Waals surface area contributed by atoms with Crippen LogP contribution in [0.2, 0.25) is 0 Å². The Kier molecular flexibility index (Phi) is 8.00. The van der Waals surface area contributed by atoms with Gasteiger partial charge in [-0.3, -0.25) is 4.79 Å². The van der Waals surface area contributed by atoms with E-state index in [4.69, 9.17) is 9.47 Å². The second kappa shape index (κ2) is 9.48. The number of carbonyl (C=O) groups is 1. The van der Waals surface area contributed by atoms with E-state index < -0.39 is 10.0 Å². The number of methoxy groups -OCH3 is 2. The van der Waals surface area contributed by atoms with E-state index in [1.165, 1.54) is 18.5 Å². The van der Waals surface area contributed by atoms with Crippen LogP contribution >= 0.6 is 0 Å². The third-order valence-electron chi connectivity index (χ3n) is 3.44. The van der Waals surface area contributed by atoms with Crippen molar-refractivity contribution in [2.24, 2.45) is 0 Å². The zero-order chi connectivity index (χ0) is 18.2. The Bertz CT molecular complexity index is 646. The summed E-state index contributed by atoms with van der Waals surface area (Å²) in [5.41, 5.74) is 0.757. The summed E-state index contributed by atoms with van der Waals surface area (Å²) in [6.07, 6.45) is 2.10. The molecule has 0 bridgehead atoms. The zero-order valence-corrected chi connectivity index (χ0v) is 15.5. The molecule has 1 rings (SSSR count). The van der Waals surface area contributed by atoms with Crippen LogP contribution in [0.5, 0.6) is 11.5 Å². The maximum absolute atomic E-state index is 12.0. The summed E-state index contributed by atoms with van der Waals surface area (Å²) in [5.74, 6) is 0.952. The SMILES string of the molecule is CCCNC(=O)CCN(Cc1ccc(OC)c(OC)c1)S(C)(=O)=O. The van der Waals surface area contributed by atoms with Crippen molar-refractivity contribution in [3.8, 4) is 11.5 Å². The van der Waals surface area contributed by atoms with Crippen molar-refractivity contribution in [1.29, 1.82) is 0 Å². The maximum atomic E-state index is 12.0. The number of ether oxygens (including phenoxy) is 2. The Morgan fingerprint density at radius 2 is 1.88 bits per heavy atom. The fraction of sp³-hybridized carbons (Fsp3) is 0.562. The maximum Gasteiger partial charge on any atom is 0.221 e. The molecule has 0 unspecified atom stereocenters. The number of sulfonamides is 1. The predicted molar refractivity (Wildman–Crippen MR) is 92.7 cm³/mol. The van der Waals surface area contributed by atoms with Gasteiger partial charge in [0.2, 0.25) is 15.9 Å². The Labute approximate surface area is 144 Å². The van der Waals surface area contributed by atoms with Crippen LogP contribution in [0, 0.1) is 0 Å². The van der Waals surface area contributed by atoms with E-state index in [9.17, 15) is 13.2 Å². The van der Waals surface area contributed by atoms with Gasteiger partial charge in [0, 0.05) is 26.1 Å². The molecule has 0 aliphatic rings. The molecule has 1 amide bonds. The monoisotopic (exact) mass is 358 g/mol. The molecule has 8 heteroatoms. The van der Waals surface area contributed by atoms with Gasteiger partial charge in [0.25, 0.3) is 0 Å². The van der Waals surface area contributed by atoms with Crippen LogP contribution in [0.25, 0.3) is 0 Å². The van der Waals surface area contributed by atoms with Gasteiger partial charge in [-0.15, -0.1) is 0 Å². The van der Waals surface area contributed by atoms with Crippen LogP contribution in [0.15, 0.2) is 18.2 Å². The van der Waals surface area contributed by atoms with Crippen molar-refractivity contribution in [3.05, 3.63) is 23.8 Å². The first kappa shape index (κ1) is 20.2. The number of nitrogens with zero attached hydrogens (tertiary/aromatic N) is 1. The van der Waals surface area contributed by atoms with Gasteiger partial charge in [-0.1, -0.05) is 13.0 Å². The van der Waals surface area contributed by atoms with Crippen LogP contribution in [-0.2, 0) is 21.4 Å². The summed E-state index contributed by atoms with van der Waals surface area (Å²) in [6.45, 7) is 2.84. The van der Waals surface area contributed by atoms with E-state index in [-0.39, 0.29) is 25.4 Å². The standard InChI is InChI=1S/C16H26N2O5S/c1-5-9-17-16(19)8-10-18(24(4,20)21)12-13-6-7-14(22-2)15(11-13)23-3/h6-7,11H,5,8-10,12H2,1-4H3,(H,17,19). The van der Waals surface area contributed by atoms with Crippen LogP contribution in [-0.4, -0.2) is 52.2 Å². The summed E-state index contributed by atoms with van der Waals surface area (Å²) in [4.78, 5) is 11.7. The summed E-state index contributed by atoms with van der Waals surface area (Å²) in [6, 6.07) is 5.23. The lowest BCUT2D eigenvalue weighted by Gasteiger charge is -2.20. The molecule has 136 valence electrons. The minimum absolute atomic E-state index is 0.125. The van der Waals surface area contributed by atoms with Gasteiger partial charge in [0.1, 0.15) is 0 Å². The normalized spacial score (nSPS) is 11.4. The van der Waals surface area contributed by atoms with Gasteiger partial charge in [-0.05, 0) is 24.1 Å². The lowest BCUT2D eigenvalue weighted by atomic mass is 10.2. The van der Waals surface area contributed by atoms with Crippen LogP contribution < -0.4 is 14.8 Å². The van der Waals surface area contributed by atoms with E-state index in [1.54, 1.807) is 18.2 Å². The molecule has 0 atom stereocenters. The number of hydrogen-bond donors (Lipinski definition) is 1. The molecule has 0 radical (unpaired) electrons.